The van der Waals surface area contributed by atoms with Crippen LogP contribution >= 0.6 is 0 Å². The number of urea groups is 1. The molecule has 0 spiro atoms. The van der Waals surface area contributed by atoms with E-state index in [1.54, 1.807) is 23.1 Å². The maximum atomic E-state index is 12.5. The molecular formula is C26H27N3O4. The summed E-state index contributed by atoms with van der Waals surface area (Å²) >= 11 is 0. The fraction of sp³-hybridized carbons (Fsp3) is 0.231. The van der Waals surface area contributed by atoms with Gasteiger partial charge in [-0.2, -0.15) is 0 Å². The lowest BCUT2D eigenvalue weighted by atomic mass is 10.2. The summed E-state index contributed by atoms with van der Waals surface area (Å²) < 4.78 is 11.3. The average Bonchev–Trinajstić information content (AvgIpc) is 2.82. The number of carbonyl (C=O) groups is 2. The molecule has 1 aliphatic rings. The molecule has 1 heterocycles. The molecule has 3 aromatic carbocycles. The number of rotatable bonds is 8. The third-order valence-electron chi connectivity index (χ3n) is 5.26. The number of hydrogen-bond donors (Lipinski definition) is 2. The predicted molar refractivity (Wildman–Crippen MR) is 129 cm³/mol. The number of benzene rings is 3. The molecule has 7 nitrogen and oxygen atoms in total. The highest BCUT2D eigenvalue weighted by Gasteiger charge is 2.25. The van der Waals surface area contributed by atoms with Gasteiger partial charge >= 0.3 is 6.03 Å². The second-order valence-electron chi connectivity index (χ2n) is 7.83. The smallest absolute Gasteiger partial charge is 0.323 e. The fourth-order valence-electron chi connectivity index (χ4n) is 3.54. The van der Waals surface area contributed by atoms with E-state index in [4.69, 9.17) is 9.47 Å². The van der Waals surface area contributed by atoms with Crippen molar-refractivity contribution >= 4 is 29.0 Å². The van der Waals surface area contributed by atoms with Crippen LogP contribution in [0.25, 0.3) is 0 Å². The number of unbranched alkanes of at least 4 members (excludes halogenated alkanes) is 1. The van der Waals surface area contributed by atoms with E-state index >= 15 is 0 Å². The SMILES string of the molecule is Cc1ccc(OCCCCN2C(=O)COc3ccc(NC(=O)Nc4ccccc4)cc32)cc1. The second kappa shape index (κ2) is 10.5. The van der Waals surface area contributed by atoms with Gasteiger partial charge in [-0.3, -0.25) is 4.79 Å². The van der Waals surface area contributed by atoms with Crippen LogP contribution in [0.4, 0.5) is 21.9 Å². The maximum Gasteiger partial charge on any atom is 0.323 e. The molecule has 0 unspecified atom stereocenters. The van der Waals surface area contributed by atoms with Crippen molar-refractivity contribution in [2.75, 3.05) is 35.3 Å². The van der Waals surface area contributed by atoms with Crippen molar-refractivity contribution in [3.05, 3.63) is 78.4 Å². The molecule has 0 saturated carbocycles. The number of amides is 3. The minimum absolute atomic E-state index is 0.00807. The first-order valence-corrected chi connectivity index (χ1v) is 11.0. The van der Waals surface area contributed by atoms with Gasteiger partial charge in [0.25, 0.3) is 5.91 Å². The predicted octanol–water partition coefficient (Wildman–Crippen LogP) is 5.22. The summed E-state index contributed by atoms with van der Waals surface area (Å²) in [7, 11) is 0. The Kier molecular flexibility index (Phi) is 7.09. The van der Waals surface area contributed by atoms with Crippen LogP contribution in [0.15, 0.2) is 72.8 Å². The lowest BCUT2D eigenvalue weighted by Crippen LogP contribution is -2.39. The van der Waals surface area contributed by atoms with Crippen molar-refractivity contribution < 1.29 is 19.1 Å². The number of nitrogens with one attached hydrogen (secondary N) is 2. The van der Waals surface area contributed by atoms with Gasteiger partial charge in [-0.1, -0.05) is 35.9 Å². The van der Waals surface area contributed by atoms with Gasteiger partial charge < -0.3 is 25.0 Å². The number of para-hydroxylation sites is 1. The van der Waals surface area contributed by atoms with Crippen molar-refractivity contribution in [1.29, 1.82) is 0 Å². The van der Waals surface area contributed by atoms with Gasteiger partial charge in [0.05, 0.1) is 12.3 Å². The first-order valence-electron chi connectivity index (χ1n) is 11.0. The van der Waals surface area contributed by atoms with Crippen LogP contribution in [0, 0.1) is 6.92 Å². The minimum Gasteiger partial charge on any atom is -0.494 e. The Morgan fingerprint density at radius 1 is 0.970 bits per heavy atom. The Morgan fingerprint density at radius 2 is 1.73 bits per heavy atom. The zero-order chi connectivity index (χ0) is 23.0. The van der Waals surface area contributed by atoms with E-state index in [1.165, 1.54) is 5.56 Å². The normalized spacial score (nSPS) is 12.5. The van der Waals surface area contributed by atoms with Gasteiger partial charge in [0.1, 0.15) is 11.5 Å². The minimum atomic E-state index is -0.357. The quantitative estimate of drug-likeness (QED) is 0.466. The lowest BCUT2D eigenvalue weighted by molar-refractivity contribution is -0.121. The first-order chi connectivity index (χ1) is 16.1. The number of aryl methyl sites for hydroxylation is 1. The molecular weight excluding hydrogens is 418 g/mol. The van der Waals surface area contributed by atoms with Gasteiger partial charge in [0.15, 0.2) is 6.61 Å². The van der Waals surface area contributed by atoms with E-state index in [1.807, 2.05) is 61.5 Å². The molecule has 0 radical (unpaired) electrons. The summed E-state index contributed by atoms with van der Waals surface area (Å²) in [5.74, 6) is 1.37. The van der Waals surface area contributed by atoms with Crippen LogP contribution in [0.3, 0.4) is 0 Å². The molecule has 170 valence electrons. The van der Waals surface area contributed by atoms with Crippen LogP contribution < -0.4 is 25.0 Å². The second-order valence-corrected chi connectivity index (χ2v) is 7.83. The summed E-state index contributed by atoms with van der Waals surface area (Å²) in [5.41, 5.74) is 3.12. The van der Waals surface area contributed by atoms with Crippen molar-refractivity contribution in [3.8, 4) is 11.5 Å². The Bertz CT molecular complexity index is 1100. The maximum absolute atomic E-state index is 12.5. The first kappa shape index (κ1) is 22.2. The molecule has 1 aliphatic heterocycles. The molecule has 0 saturated heterocycles. The zero-order valence-corrected chi connectivity index (χ0v) is 18.5. The highest BCUT2D eigenvalue weighted by Crippen LogP contribution is 2.34. The molecule has 33 heavy (non-hydrogen) atoms. The molecule has 2 N–H and O–H groups in total. The Morgan fingerprint density at radius 3 is 2.52 bits per heavy atom. The monoisotopic (exact) mass is 445 g/mol. The van der Waals surface area contributed by atoms with Crippen LogP contribution in [0.5, 0.6) is 11.5 Å². The van der Waals surface area contributed by atoms with Crippen LogP contribution in [-0.4, -0.2) is 31.7 Å². The topological polar surface area (TPSA) is 79.9 Å². The molecule has 0 atom stereocenters. The van der Waals surface area contributed by atoms with E-state index in [2.05, 4.69) is 10.6 Å². The molecule has 0 fully saturated rings. The van der Waals surface area contributed by atoms with Crippen molar-refractivity contribution in [1.82, 2.24) is 0 Å². The largest absolute Gasteiger partial charge is 0.494 e. The summed E-state index contributed by atoms with van der Waals surface area (Å²) in [4.78, 5) is 26.6. The summed E-state index contributed by atoms with van der Waals surface area (Å²) in [6.07, 6.45) is 1.59. The van der Waals surface area contributed by atoms with Crippen molar-refractivity contribution in [2.45, 2.75) is 19.8 Å². The molecule has 3 aromatic rings. The Balaban J connectivity index is 1.33. The molecule has 0 aliphatic carbocycles. The number of carbonyl (C=O) groups excluding carboxylic acids is 2. The van der Waals surface area contributed by atoms with E-state index in [9.17, 15) is 9.59 Å². The van der Waals surface area contributed by atoms with Gasteiger partial charge in [-0.25, -0.2) is 4.79 Å². The van der Waals surface area contributed by atoms with E-state index in [0.29, 0.717) is 36.0 Å². The fourth-order valence-corrected chi connectivity index (χ4v) is 3.54. The van der Waals surface area contributed by atoms with E-state index < -0.39 is 0 Å². The van der Waals surface area contributed by atoms with Gasteiger partial charge in [-0.15, -0.1) is 0 Å². The highest BCUT2D eigenvalue weighted by atomic mass is 16.5. The van der Waals surface area contributed by atoms with Crippen molar-refractivity contribution in [2.24, 2.45) is 0 Å². The zero-order valence-electron chi connectivity index (χ0n) is 18.5. The third kappa shape index (κ3) is 6.04. The van der Waals surface area contributed by atoms with Gasteiger partial charge in [-0.05, 0) is 62.2 Å². The number of ether oxygens (including phenoxy) is 2. The summed E-state index contributed by atoms with van der Waals surface area (Å²) in [5, 5.41) is 5.59. The molecule has 7 heteroatoms. The number of anilines is 3. The van der Waals surface area contributed by atoms with E-state index in [0.717, 1.165) is 18.6 Å². The average molecular weight is 446 g/mol. The summed E-state index contributed by atoms with van der Waals surface area (Å²) in [6.45, 7) is 3.17. The van der Waals surface area contributed by atoms with Crippen LogP contribution in [0.2, 0.25) is 0 Å². The van der Waals surface area contributed by atoms with Gasteiger partial charge in [0.2, 0.25) is 0 Å². The van der Waals surface area contributed by atoms with Crippen LogP contribution in [0.1, 0.15) is 18.4 Å². The molecule has 0 bridgehead atoms. The number of nitrogens with zero attached hydrogens (tertiary/aromatic N) is 1. The Hall–Kier alpha value is -4.00. The molecule has 3 amide bonds. The number of hydrogen-bond acceptors (Lipinski definition) is 4. The highest BCUT2D eigenvalue weighted by molar-refractivity contribution is 6.02. The van der Waals surface area contributed by atoms with E-state index in [-0.39, 0.29) is 18.5 Å². The van der Waals surface area contributed by atoms with Crippen LogP contribution in [-0.2, 0) is 4.79 Å². The number of fused-ring (bicyclic) bond motifs is 1. The molecule has 0 aromatic heterocycles. The van der Waals surface area contributed by atoms with Gasteiger partial charge in [0, 0.05) is 17.9 Å². The standard InChI is InChI=1S/C26H27N3O4/c1-19-9-12-22(13-10-19)32-16-6-5-15-29-23-17-21(11-14-24(23)33-18-25(29)30)28-26(31)27-20-7-3-2-4-8-20/h2-4,7-14,17H,5-6,15-16,18H2,1H3,(H2,27,28,31). The molecule has 4 rings (SSSR count). The Labute approximate surface area is 193 Å². The summed E-state index contributed by atoms with van der Waals surface area (Å²) in [6, 6.07) is 22.1. The van der Waals surface area contributed by atoms with Crippen molar-refractivity contribution in [3.63, 3.8) is 0 Å². The third-order valence-corrected chi connectivity index (χ3v) is 5.26. The lowest BCUT2D eigenvalue weighted by Gasteiger charge is -2.30.